The molecule has 5 heteroatoms. The average molecular weight is 300 g/mol. The topological polar surface area (TPSA) is 50.8 Å². The second-order valence-electron chi connectivity index (χ2n) is 6.72. The monoisotopic (exact) mass is 300 g/mol. The maximum Gasteiger partial charge on any atom is 0.325 e. The molecule has 0 amide bonds. The van der Waals surface area contributed by atoms with E-state index in [0.717, 1.165) is 39.1 Å². The molecule has 2 atom stereocenters. The Morgan fingerprint density at radius 3 is 2.76 bits per heavy atom. The van der Waals surface area contributed by atoms with Crippen LogP contribution in [0.3, 0.4) is 0 Å². The second-order valence-corrected chi connectivity index (χ2v) is 6.72. The summed E-state index contributed by atoms with van der Waals surface area (Å²) < 4.78 is 10.5. The molecule has 1 saturated heterocycles. The van der Waals surface area contributed by atoms with Crippen LogP contribution in [-0.2, 0) is 14.3 Å². The lowest BCUT2D eigenvalue weighted by molar-refractivity contribution is -0.148. The molecule has 1 fully saturated rings. The van der Waals surface area contributed by atoms with Crippen molar-refractivity contribution in [1.29, 1.82) is 0 Å². The molecule has 2 unspecified atom stereocenters. The van der Waals surface area contributed by atoms with Crippen molar-refractivity contribution in [2.75, 3.05) is 40.5 Å². The molecule has 1 N–H and O–H groups in total. The molecule has 1 rings (SSSR count). The van der Waals surface area contributed by atoms with E-state index in [1.807, 2.05) is 20.8 Å². The van der Waals surface area contributed by atoms with Crippen molar-refractivity contribution in [3.05, 3.63) is 0 Å². The Morgan fingerprint density at radius 1 is 1.52 bits per heavy atom. The molecule has 0 radical (unpaired) electrons. The minimum atomic E-state index is -0.625. The molecule has 0 aromatic rings. The first-order chi connectivity index (χ1) is 9.87. The van der Waals surface area contributed by atoms with Crippen molar-refractivity contribution in [3.63, 3.8) is 0 Å². The van der Waals surface area contributed by atoms with E-state index >= 15 is 0 Å². The predicted octanol–water partition coefficient (Wildman–Crippen LogP) is 1.66. The van der Waals surface area contributed by atoms with Crippen LogP contribution in [-0.4, -0.2) is 62.9 Å². The lowest BCUT2D eigenvalue weighted by Gasteiger charge is -2.33. The van der Waals surface area contributed by atoms with Crippen LogP contribution in [0, 0.1) is 5.92 Å². The van der Waals surface area contributed by atoms with Crippen molar-refractivity contribution < 1.29 is 14.3 Å². The van der Waals surface area contributed by atoms with Crippen LogP contribution < -0.4 is 5.32 Å². The van der Waals surface area contributed by atoms with E-state index in [4.69, 9.17) is 9.47 Å². The van der Waals surface area contributed by atoms with Gasteiger partial charge in [-0.05, 0) is 53.0 Å². The van der Waals surface area contributed by atoms with E-state index in [2.05, 4.69) is 17.3 Å². The van der Waals surface area contributed by atoms with Crippen molar-refractivity contribution >= 4 is 5.97 Å². The van der Waals surface area contributed by atoms with Gasteiger partial charge in [0.25, 0.3) is 0 Å². The van der Waals surface area contributed by atoms with Crippen LogP contribution in [0.4, 0.5) is 0 Å². The fourth-order valence-corrected chi connectivity index (χ4v) is 2.99. The summed E-state index contributed by atoms with van der Waals surface area (Å²) in [6.45, 7) is 9.67. The van der Waals surface area contributed by atoms with Gasteiger partial charge in [0, 0.05) is 25.7 Å². The van der Waals surface area contributed by atoms with Gasteiger partial charge in [0.1, 0.15) is 5.54 Å². The van der Waals surface area contributed by atoms with Crippen LogP contribution in [0.5, 0.6) is 0 Å². The summed E-state index contributed by atoms with van der Waals surface area (Å²) in [6, 6.07) is 0.242. The minimum absolute atomic E-state index is 0.189. The van der Waals surface area contributed by atoms with Crippen molar-refractivity contribution in [2.45, 2.75) is 51.6 Å². The zero-order valence-corrected chi connectivity index (χ0v) is 14.3. The molecule has 1 aliphatic heterocycles. The fraction of sp³-hybridized carbons (Fsp3) is 0.938. The molecule has 0 aromatic carbocycles. The number of carbonyl (C=O) groups excluding carboxylic acids is 1. The van der Waals surface area contributed by atoms with Gasteiger partial charge < -0.3 is 14.4 Å². The summed E-state index contributed by atoms with van der Waals surface area (Å²) in [5.74, 6) is 0.428. The number of esters is 1. The highest BCUT2D eigenvalue weighted by Gasteiger charge is 2.34. The van der Waals surface area contributed by atoms with E-state index < -0.39 is 5.54 Å². The molecule has 0 saturated carbocycles. The Bertz CT molecular complexity index is 317. The normalized spacial score (nSPS) is 22.3. The van der Waals surface area contributed by atoms with Gasteiger partial charge in [-0.15, -0.1) is 0 Å². The van der Waals surface area contributed by atoms with Gasteiger partial charge in [0.2, 0.25) is 0 Å². The lowest BCUT2D eigenvalue weighted by atomic mass is 9.95. The minimum Gasteiger partial charge on any atom is -0.468 e. The smallest absolute Gasteiger partial charge is 0.325 e. The Morgan fingerprint density at radius 2 is 2.24 bits per heavy atom. The Kier molecular flexibility index (Phi) is 7.63. The predicted molar refractivity (Wildman–Crippen MR) is 84.3 cm³/mol. The fourth-order valence-electron chi connectivity index (χ4n) is 2.99. The summed E-state index contributed by atoms with van der Waals surface area (Å²) in [4.78, 5) is 14.3. The van der Waals surface area contributed by atoms with Crippen LogP contribution in [0.25, 0.3) is 0 Å². The molecule has 124 valence electrons. The molecule has 1 heterocycles. The van der Waals surface area contributed by atoms with Gasteiger partial charge in [0.15, 0.2) is 0 Å². The molecule has 0 spiro atoms. The molecule has 0 bridgehead atoms. The Balaban J connectivity index is 2.45. The number of methoxy groups -OCH3 is 1. The van der Waals surface area contributed by atoms with E-state index in [0.29, 0.717) is 5.92 Å². The molecule has 21 heavy (non-hydrogen) atoms. The highest BCUT2D eigenvalue weighted by Crippen LogP contribution is 2.17. The third kappa shape index (κ3) is 6.32. The first-order valence-electron chi connectivity index (χ1n) is 8.00. The summed E-state index contributed by atoms with van der Waals surface area (Å²) in [5, 5.41) is 3.34. The summed E-state index contributed by atoms with van der Waals surface area (Å²) in [7, 11) is 3.56. The molecular weight excluding hydrogens is 268 g/mol. The first-order valence-corrected chi connectivity index (χ1v) is 8.00. The average Bonchev–Trinajstić information content (AvgIpc) is 2.44. The quantitative estimate of drug-likeness (QED) is 0.691. The van der Waals surface area contributed by atoms with Crippen LogP contribution in [0.15, 0.2) is 0 Å². The van der Waals surface area contributed by atoms with Crippen LogP contribution in [0.2, 0.25) is 0 Å². The van der Waals surface area contributed by atoms with Gasteiger partial charge in [-0.1, -0.05) is 0 Å². The van der Waals surface area contributed by atoms with Gasteiger partial charge in [-0.2, -0.15) is 0 Å². The second kappa shape index (κ2) is 8.71. The van der Waals surface area contributed by atoms with Gasteiger partial charge in [-0.3, -0.25) is 10.1 Å². The van der Waals surface area contributed by atoms with Crippen molar-refractivity contribution in [3.8, 4) is 0 Å². The van der Waals surface area contributed by atoms with E-state index in [1.54, 1.807) is 0 Å². The summed E-state index contributed by atoms with van der Waals surface area (Å²) in [6.07, 6.45) is 3.14. The first kappa shape index (κ1) is 18.4. The summed E-state index contributed by atoms with van der Waals surface area (Å²) in [5.41, 5.74) is -0.625. The van der Waals surface area contributed by atoms with Crippen molar-refractivity contribution in [2.24, 2.45) is 5.92 Å². The lowest BCUT2D eigenvalue weighted by Crippen LogP contribution is -2.54. The number of nitrogens with zero attached hydrogens (tertiary/aromatic N) is 1. The molecule has 0 aliphatic carbocycles. The zero-order chi connectivity index (χ0) is 15.9. The van der Waals surface area contributed by atoms with Crippen LogP contribution in [0.1, 0.15) is 40.0 Å². The number of hydrogen-bond acceptors (Lipinski definition) is 5. The largest absolute Gasteiger partial charge is 0.468 e. The highest BCUT2D eigenvalue weighted by molar-refractivity contribution is 5.80. The maximum absolute atomic E-state index is 12.0. The van der Waals surface area contributed by atoms with Crippen molar-refractivity contribution in [1.82, 2.24) is 10.2 Å². The third-order valence-corrected chi connectivity index (χ3v) is 4.06. The van der Waals surface area contributed by atoms with E-state index in [-0.39, 0.29) is 12.0 Å². The van der Waals surface area contributed by atoms with Gasteiger partial charge >= 0.3 is 5.97 Å². The number of hydrogen-bond donors (Lipinski definition) is 1. The Hall–Kier alpha value is -0.650. The molecule has 0 aromatic heterocycles. The maximum atomic E-state index is 12.0. The number of nitrogens with one attached hydrogen (secondary N) is 1. The van der Waals surface area contributed by atoms with Crippen LogP contribution >= 0.6 is 0 Å². The van der Waals surface area contributed by atoms with Gasteiger partial charge in [-0.25, -0.2) is 0 Å². The van der Waals surface area contributed by atoms with E-state index in [1.165, 1.54) is 13.5 Å². The standard InChI is InChI=1S/C16H32N2O3/c1-13(2)17-16(3,15(19)20-5)8-9-18(4)11-14-7-6-10-21-12-14/h13-14,17H,6-12H2,1-5H3. The molecular formula is C16H32N2O3. The molecule has 5 nitrogen and oxygen atoms in total. The SMILES string of the molecule is COC(=O)C(C)(CCN(C)CC1CCCOC1)NC(C)C. The number of rotatable bonds is 8. The van der Waals surface area contributed by atoms with E-state index in [9.17, 15) is 4.79 Å². The highest BCUT2D eigenvalue weighted by atomic mass is 16.5. The Labute approximate surface area is 129 Å². The zero-order valence-electron chi connectivity index (χ0n) is 14.3. The third-order valence-electron chi connectivity index (χ3n) is 4.06. The summed E-state index contributed by atoms with van der Waals surface area (Å²) >= 11 is 0. The molecule has 1 aliphatic rings. The number of carbonyl (C=O) groups is 1. The number of ether oxygens (including phenoxy) is 2. The van der Waals surface area contributed by atoms with Gasteiger partial charge in [0.05, 0.1) is 13.7 Å².